The number of hydrogen-bond donors (Lipinski definition) is 0. The maximum Gasteiger partial charge on any atom is 0.230 e. The molecule has 0 aliphatic carbocycles. The highest BCUT2D eigenvalue weighted by Gasteiger charge is 2.30. The molecule has 0 bridgehead atoms. The van der Waals surface area contributed by atoms with E-state index in [0.29, 0.717) is 11.8 Å². The fraction of sp³-hybridized carbons (Fsp3) is 0.333. The molecule has 0 aromatic carbocycles. The topological polar surface area (TPSA) is 44.2 Å². The molecular formula is C15H18N2O2S2. The van der Waals surface area contributed by atoms with Crippen molar-refractivity contribution in [3.63, 3.8) is 0 Å². The lowest BCUT2D eigenvalue weighted by Crippen LogP contribution is -2.14. The van der Waals surface area contributed by atoms with Gasteiger partial charge in [-0.2, -0.15) is 4.98 Å². The predicted molar refractivity (Wildman–Crippen MR) is 88.3 cm³/mol. The molecule has 0 saturated carbocycles. The summed E-state index contributed by atoms with van der Waals surface area (Å²) in [6.45, 7) is 2.15. The van der Waals surface area contributed by atoms with Gasteiger partial charge in [0.25, 0.3) is 0 Å². The zero-order chi connectivity index (χ0) is 15.3. The molecule has 2 aromatic rings. The molecule has 0 radical (unpaired) electrons. The number of aromatic nitrogens is 2. The third-order valence-electron chi connectivity index (χ3n) is 3.03. The highest BCUT2D eigenvalue weighted by atomic mass is 32.2. The molecule has 0 fully saturated rings. The summed E-state index contributed by atoms with van der Waals surface area (Å²) in [7, 11) is 3.21. The molecule has 2 aromatic heterocycles. The minimum Gasteiger partial charge on any atom is -0.481 e. The van der Waals surface area contributed by atoms with Gasteiger partial charge in [0.2, 0.25) is 11.8 Å². The van der Waals surface area contributed by atoms with E-state index in [2.05, 4.69) is 23.1 Å². The molecule has 0 amide bonds. The quantitative estimate of drug-likeness (QED) is 0.595. The van der Waals surface area contributed by atoms with Crippen LogP contribution < -0.4 is 9.47 Å². The number of rotatable bonds is 6. The summed E-state index contributed by atoms with van der Waals surface area (Å²) in [5.74, 6) is 1.11. The fourth-order valence-corrected chi connectivity index (χ4v) is 3.72. The largest absolute Gasteiger partial charge is 0.481 e. The standard InChI is InChI=1S/C15H18N2O2S2/c1-15(20-4,12-7-5-6-10-16-12)21-11-8-9-13(18-2)17-14(11)19-3/h5-10H,1-4H3. The number of thioether (sulfide) groups is 2. The van der Waals surface area contributed by atoms with Gasteiger partial charge in [-0.3, -0.25) is 4.98 Å². The van der Waals surface area contributed by atoms with Gasteiger partial charge < -0.3 is 9.47 Å². The van der Waals surface area contributed by atoms with E-state index in [1.165, 1.54) is 0 Å². The third-order valence-corrected chi connectivity index (χ3v) is 5.89. The van der Waals surface area contributed by atoms with Gasteiger partial charge in [0, 0.05) is 12.3 Å². The molecule has 4 nitrogen and oxygen atoms in total. The summed E-state index contributed by atoms with van der Waals surface area (Å²) in [6.07, 6.45) is 3.89. The van der Waals surface area contributed by atoms with Crippen molar-refractivity contribution in [2.75, 3.05) is 20.5 Å². The summed E-state index contributed by atoms with van der Waals surface area (Å²) >= 11 is 3.41. The number of pyridine rings is 2. The maximum absolute atomic E-state index is 5.37. The molecule has 21 heavy (non-hydrogen) atoms. The van der Waals surface area contributed by atoms with Crippen molar-refractivity contribution in [2.24, 2.45) is 0 Å². The van der Waals surface area contributed by atoms with Gasteiger partial charge in [0.1, 0.15) is 4.08 Å². The van der Waals surface area contributed by atoms with Crippen molar-refractivity contribution >= 4 is 23.5 Å². The van der Waals surface area contributed by atoms with Crippen molar-refractivity contribution in [1.29, 1.82) is 0 Å². The Morgan fingerprint density at radius 2 is 1.90 bits per heavy atom. The molecule has 2 rings (SSSR count). The molecular weight excluding hydrogens is 304 g/mol. The molecule has 0 aliphatic rings. The summed E-state index contributed by atoms with van der Waals surface area (Å²) in [5.41, 5.74) is 1.01. The van der Waals surface area contributed by atoms with Gasteiger partial charge in [0.05, 0.1) is 24.8 Å². The first-order valence-electron chi connectivity index (χ1n) is 6.37. The van der Waals surface area contributed by atoms with Crippen molar-refractivity contribution in [1.82, 2.24) is 9.97 Å². The van der Waals surface area contributed by atoms with Crippen LogP contribution in [0.3, 0.4) is 0 Å². The Balaban J connectivity index is 2.34. The molecule has 1 atom stereocenters. The van der Waals surface area contributed by atoms with Crippen molar-refractivity contribution in [3.05, 3.63) is 42.2 Å². The van der Waals surface area contributed by atoms with Gasteiger partial charge in [-0.25, -0.2) is 0 Å². The second kappa shape index (κ2) is 7.04. The Labute approximate surface area is 133 Å². The van der Waals surface area contributed by atoms with Crippen molar-refractivity contribution < 1.29 is 9.47 Å². The van der Waals surface area contributed by atoms with E-state index in [4.69, 9.17) is 9.47 Å². The second-order valence-electron chi connectivity index (χ2n) is 4.33. The Morgan fingerprint density at radius 1 is 1.10 bits per heavy atom. The first-order chi connectivity index (χ1) is 10.1. The van der Waals surface area contributed by atoms with Gasteiger partial charge in [-0.1, -0.05) is 17.8 Å². The second-order valence-corrected chi connectivity index (χ2v) is 7.27. The molecule has 1 unspecified atom stereocenters. The van der Waals surface area contributed by atoms with E-state index in [1.54, 1.807) is 37.7 Å². The van der Waals surface area contributed by atoms with E-state index < -0.39 is 0 Å². The number of methoxy groups -OCH3 is 2. The fourth-order valence-electron chi connectivity index (χ4n) is 1.79. The molecule has 112 valence electrons. The Hall–Kier alpha value is -1.40. The average Bonchev–Trinajstić information content (AvgIpc) is 2.55. The van der Waals surface area contributed by atoms with E-state index in [0.717, 1.165) is 10.6 Å². The monoisotopic (exact) mass is 322 g/mol. The zero-order valence-electron chi connectivity index (χ0n) is 12.5. The third kappa shape index (κ3) is 3.63. The van der Waals surface area contributed by atoms with Crippen LogP contribution in [0.5, 0.6) is 11.8 Å². The van der Waals surface area contributed by atoms with Crippen LogP contribution in [-0.2, 0) is 4.08 Å². The first kappa shape index (κ1) is 16.0. The number of ether oxygens (including phenoxy) is 2. The highest BCUT2D eigenvalue weighted by Crippen LogP contribution is 2.49. The summed E-state index contributed by atoms with van der Waals surface area (Å²) in [4.78, 5) is 9.77. The van der Waals surface area contributed by atoms with Crippen LogP contribution in [0.25, 0.3) is 0 Å². The average molecular weight is 322 g/mol. The lowest BCUT2D eigenvalue weighted by Gasteiger charge is -2.26. The van der Waals surface area contributed by atoms with Crippen LogP contribution in [0.15, 0.2) is 41.4 Å². The van der Waals surface area contributed by atoms with Crippen LogP contribution in [0.2, 0.25) is 0 Å². The van der Waals surface area contributed by atoms with E-state index in [-0.39, 0.29) is 4.08 Å². The van der Waals surface area contributed by atoms with E-state index in [1.807, 2.05) is 36.5 Å². The van der Waals surface area contributed by atoms with Crippen molar-refractivity contribution in [2.45, 2.75) is 15.9 Å². The van der Waals surface area contributed by atoms with Gasteiger partial charge >= 0.3 is 0 Å². The molecule has 2 heterocycles. The minimum absolute atomic E-state index is 0.217. The summed E-state index contributed by atoms with van der Waals surface area (Å²) in [6, 6.07) is 9.76. The minimum atomic E-state index is -0.217. The Bertz CT molecular complexity index is 595. The van der Waals surface area contributed by atoms with E-state index >= 15 is 0 Å². The smallest absolute Gasteiger partial charge is 0.230 e. The lowest BCUT2D eigenvalue weighted by atomic mass is 10.3. The Morgan fingerprint density at radius 3 is 2.48 bits per heavy atom. The molecule has 0 aliphatic heterocycles. The normalized spacial score (nSPS) is 13.5. The summed E-state index contributed by atoms with van der Waals surface area (Å²) in [5, 5.41) is 0. The SMILES string of the molecule is COc1ccc(SC(C)(SC)c2ccccn2)c(OC)n1. The molecule has 0 saturated heterocycles. The molecule has 6 heteroatoms. The zero-order valence-corrected chi connectivity index (χ0v) is 14.1. The molecule has 0 N–H and O–H groups in total. The number of nitrogens with zero attached hydrogens (tertiary/aromatic N) is 2. The molecule has 0 spiro atoms. The predicted octanol–water partition coefficient (Wildman–Crippen LogP) is 3.82. The van der Waals surface area contributed by atoms with Gasteiger partial charge in [-0.15, -0.1) is 11.8 Å². The van der Waals surface area contributed by atoms with Crippen LogP contribution in [0, 0.1) is 0 Å². The van der Waals surface area contributed by atoms with Crippen LogP contribution >= 0.6 is 23.5 Å². The number of hydrogen-bond acceptors (Lipinski definition) is 6. The van der Waals surface area contributed by atoms with Crippen LogP contribution in [0.1, 0.15) is 12.6 Å². The highest BCUT2D eigenvalue weighted by molar-refractivity contribution is 8.17. The van der Waals surface area contributed by atoms with Crippen LogP contribution in [0.4, 0.5) is 0 Å². The van der Waals surface area contributed by atoms with Crippen molar-refractivity contribution in [3.8, 4) is 11.8 Å². The van der Waals surface area contributed by atoms with Gasteiger partial charge in [-0.05, 0) is 31.4 Å². The Kier molecular flexibility index (Phi) is 5.36. The lowest BCUT2D eigenvalue weighted by molar-refractivity contribution is 0.357. The van der Waals surface area contributed by atoms with Gasteiger partial charge in [0.15, 0.2) is 0 Å². The first-order valence-corrected chi connectivity index (χ1v) is 8.41. The van der Waals surface area contributed by atoms with E-state index in [9.17, 15) is 0 Å². The maximum atomic E-state index is 5.37. The van der Waals surface area contributed by atoms with Crippen LogP contribution in [-0.4, -0.2) is 30.4 Å². The summed E-state index contributed by atoms with van der Waals surface area (Å²) < 4.78 is 10.3.